The molecule has 5 nitrogen and oxygen atoms in total. The van der Waals surface area contributed by atoms with Gasteiger partial charge in [0.1, 0.15) is 11.3 Å². The minimum absolute atomic E-state index is 0.0265. The Hall–Kier alpha value is -2.69. The highest BCUT2D eigenvalue weighted by Crippen LogP contribution is 2.18. The number of benzene rings is 1. The number of likely N-dealkylation sites (N-methyl/N-ethyl adjacent to an activating group) is 1. The number of nitrogens with one attached hydrogen (secondary N) is 1. The smallest absolute Gasteiger partial charge is 0.256 e. The molecule has 3 aromatic rings. The Bertz CT molecular complexity index is 810. The van der Waals surface area contributed by atoms with E-state index >= 15 is 0 Å². The number of hydrogen-bond donors (Lipinski definition) is 1. The minimum atomic E-state index is 0.0265. The van der Waals surface area contributed by atoms with Crippen molar-refractivity contribution in [3.8, 4) is 0 Å². The van der Waals surface area contributed by atoms with E-state index in [2.05, 4.69) is 15.0 Å². The molecule has 0 aliphatic carbocycles. The number of fused-ring (bicyclic) bond motifs is 1. The number of rotatable bonds is 5. The molecule has 1 amide bonds. The number of nitrogens with zero attached hydrogens (tertiary/aromatic N) is 3. The van der Waals surface area contributed by atoms with Gasteiger partial charge in [0, 0.05) is 25.5 Å². The van der Waals surface area contributed by atoms with Crippen molar-refractivity contribution in [2.75, 3.05) is 13.1 Å². The molecule has 0 aliphatic heterocycles. The van der Waals surface area contributed by atoms with Gasteiger partial charge >= 0.3 is 0 Å². The number of aromatic amines is 1. The fraction of sp³-hybridized carbons (Fsp3) is 0.278. The van der Waals surface area contributed by atoms with E-state index in [0.717, 1.165) is 23.3 Å². The Morgan fingerprint density at radius 2 is 2.00 bits per heavy atom. The highest BCUT2D eigenvalue weighted by molar-refractivity contribution is 6.04. The molecule has 118 valence electrons. The van der Waals surface area contributed by atoms with Crippen molar-refractivity contribution in [2.45, 2.75) is 20.3 Å². The molecule has 0 saturated heterocycles. The lowest BCUT2D eigenvalue weighted by Gasteiger charge is -2.21. The van der Waals surface area contributed by atoms with E-state index in [1.165, 1.54) is 5.56 Å². The number of carbonyl (C=O) groups is 1. The van der Waals surface area contributed by atoms with Crippen LogP contribution in [0.5, 0.6) is 0 Å². The topological polar surface area (TPSA) is 61.9 Å². The Kier molecular flexibility index (Phi) is 4.37. The number of aromatic nitrogens is 3. The number of hydrogen-bond acceptors (Lipinski definition) is 3. The number of amides is 1. The summed E-state index contributed by atoms with van der Waals surface area (Å²) < 4.78 is 0. The Labute approximate surface area is 135 Å². The Morgan fingerprint density at radius 3 is 2.74 bits per heavy atom. The van der Waals surface area contributed by atoms with Crippen molar-refractivity contribution >= 4 is 16.9 Å². The number of imidazole rings is 1. The molecule has 2 heterocycles. The average Bonchev–Trinajstić information content (AvgIpc) is 2.96. The lowest BCUT2D eigenvalue weighted by Crippen LogP contribution is -2.32. The van der Waals surface area contributed by atoms with E-state index in [4.69, 9.17) is 0 Å². The minimum Gasteiger partial charge on any atom is -0.342 e. The first kappa shape index (κ1) is 15.2. The van der Waals surface area contributed by atoms with Gasteiger partial charge in [-0.3, -0.25) is 9.78 Å². The van der Waals surface area contributed by atoms with E-state index in [-0.39, 0.29) is 5.91 Å². The molecule has 5 heteroatoms. The fourth-order valence-electron chi connectivity index (χ4n) is 2.72. The SMILES string of the molecule is CCN(CCc1ccncc1)C(=O)c1cccc2[nH]c(C)nc12. The fourth-order valence-corrected chi connectivity index (χ4v) is 2.72. The third kappa shape index (κ3) is 3.23. The second-order valence-electron chi connectivity index (χ2n) is 5.51. The van der Waals surface area contributed by atoms with Gasteiger partial charge in [-0.25, -0.2) is 4.98 Å². The predicted molar refractivity (Wildman–Crippen MR) is 90.3 cm³/mol. The molecule has 2 aromatic heterocycles. The molecule has 3 rings (SSSR count). The maximum atomic E-state index is 12.9. The average molecular weight is 308 g/mol. The molecule has 1 aromatic carbocycles. The highest BCUT2D eigenvalue weighted by atomic mass is 16.2. The van der Waals surface area contributed by atoms with Crippen LogP contribution in [-0.2, 0) is 6.42 Å². The van der Waals surface area contributed by atoms with Gasteiger partial charge in [-0.05, 0) is 50.1 Å². The number of H-pyrrole nitrogens is 1. The highest BCUT2D eigenvalue weighted by Gasteiger charge is 2.18. The van der Waals surface area contributed by atoms with Crippen molar-refractivity contribution in [2.24, 2.45) is 0 Å². The molecule has 0 saturated carbocycles. The summed E-state index contributed by atoms with van der Waals surface area (Å²) in [6.45, 7) is 5.25. The molecule has 0 aliphatic rings. The van der Waals surface area contributed by atoms with E-state index < -0.39 is 0 Å². The summed E-state index contributed by atoms with van der Waals surface area (Å²) in [6, 6.07) is 9.65. The second-order valence-corrected chi connectivity index (χ2v) is 5.51. The zero-order valence-electron chi connectivity index (χ0n) is 13.4. The lowest BCUT2D eigenvalue weighted by atomic mass is 10.1. The number of para-hydroxylation sites is 1. The Balaban J connectivity index is 1.81. The first-order valence-electron chi connectivity index (χ1n) is 7.82. The van der Waals surface area contributed by atoms with Gasteiger partial charge in [0.15, 0.2) is 0 Å². The maximum Gasteiger partial charge on any atom is 0.256 e. The van der Waals surface area contributed by atoms with E-state index in [1.54, 1.807) is 12.4 Å². The van der Waals surface area contributed by atoms with Crippen LogP contribution in [0.25, 0.3) is 11.0 Å². The van der Waals surface area contributed by atoms with Crippen molar-refractivity contribution in [1.82, 2.24) is 19.9 Å². The summed E-state index contributed by atoms with van der Waals surface area (Å²) in [4.78, 5) is 26.4. The van der Waals surface area contributed by atoms with Gasteiger partial charge in [-0.2, -0.15) is 0 Å². The third-order valence-corrected chi connectivity index (χ3v) is 3.95. The maximum absolute atomic E-state index is 12.9. The van der Waals surface area contributed by atoms with E-state index in [1.807, 2.05) is 49.1 Å². The molecule has 1 N–H and O–H groups in total. The summed E-state index contributed by atoms with van der Waals surface area (Å²) in [5, 5.41) is 0. The second kappa shape index (κ2) is 6.60. The zero-order chi connectivity index (χ0) is 16.2. The van der Waals surface area contributed by atoms with Crippen LogP contribution in [0.4, 0.5) is 0 Å². The van der Waals surface area contributed by atoms with Gasteiger partial charge < -0.3 is 9.88 Å². The summed E-state index contributed by atoms with van der Waals surface area (Å²) in [7, 11) is 0. The first-order chi connectivity index (χ1) is 11.2. The van der Waals surface area contributed by atoms with Crippen LogP contribution in [0.3, 0.4) is 0 Å². The quantitative estimate of drug-likeness (QED) is 0.788. The van der Waals surface area contributed by atoms with Crippen LogP contribution < -0.4 is 0 Å². The van der Waals surface area contributed by atoms with Crippen LogP contribution in [0.2, 0.25) is 0 Å². The van der Waals surface area contributed by atoms with E-state index in [0.29, 0.717) is 18.7 Å². The monoisotopic (exact) mass is 308 g/mol. The number of pyridine rings is 1. The summed E-state index contributed by atoms with van der Waals surface area (Å²) in [5.41, 5.74) is 3.49. The number of aryl methyl sites for hydroxylation is 1. The summed E-state index contributed by atoms with van der Waals surface area (Å²) in [5.74, 6) is 0.846. The van der Waals surface area contributed by atoms with Crippen molar-refractivity contribution in [3.63, 3.8) is 0 Å². The largest absolute Gasteiger partial charge is 0.342 e. The first-order valence-corrected chi connectivity index (χ1v) is 7.82. The van der Waals surface area contributed by atoms with Crippen molar-refractivity contribution in [3.05, 3.63) is 59.7 Å². The zero-order valence-corrected chi connectivity index (χ0v) is 13.4. The molecular weight excluding hydrogens is 288 g/mol. The molecule has 0 atom stereocenters. The molecule has 0 unspecified atom stereocenters. The lowest BCUT2D eigenvalue weighted by molar-refractivity contribution is 0.0768. The van der Waals surface area contributed by atoms with Crippen LogP contribution in [0, 0.1) is 6.92 Å². The normalized spacial score (nSPS) is 10.9. The van der Waals surface area contributed by atoms with E-state index in [9.17, 15) is 4.79 Å². The molecule has 0 bridgehead atoms. The standard InChI is InChI=1S/C18H20N4O/c1-3-22(12-9-14-7-10-19-11-8-14)18(23)15-5-4-6-16-17(15)21-13(2)20-16/h4-8,10-11H,3,9,12H2,1-2H3,(H,20,21). The van der Waals surface area contributed by atoms with Crippen LogP contribution >= 0.6 is 0 Å². The van der Waals surface area contributed by atoms with Gasteiger partial charge in [0.2, 0.25) is 0 Å². The van der Waals surface area contributed by atoms with Crippen LogP contribution in [0.15, 0.2) is 42.7 Å². The molecule has 0 spiro atoms. The van der Waals surface area contributed by atoms with Gasteiger partial charge in [0.25, 0.3) is 5.91 Å². The number of carbonyl (C=O) groups excluding carboxylic acids is 1. The molecule has 0 radical (unpaired) electrons. The summed E-state index contributed by atoms with van der Waals surface area (Å²) in [6.07, 6.45) is 4.37. The van der Waals surface area contributed by atoms with Gasteiger partial charge in [0.05, 0.1) is 11.1 Å². The molecular formula is C18H20N4O. The van der Waals surface area contributed by atoms with Crippen molar-refractivity contribution < 1.29 is 4.79 Å². The van der Waals surface area contributed by atoms with Crippen molar-refractivity contribution in [1.29, 1.82) is 0 Å². The van der Waals surface area contributed by atoms with Crippen LogP contribution in [0.1, 0.15) is 28.7 Å². The van der Waals surface area contributed by atoms with Gasteiger partial charge in [-0.1, -0.05) is 6.07 Å². The third-order valence-electron chi connectivity index (χ3n) is 3.95. The molecule has 23 heavy (non-hydrogen) atoms. The Morgan fingerprint density at radius 1 is 1.22 bits per heavy atom. The van der Waals surface area contributed by atoms with Crippen LogP contribution in [-0.4, -0.2) is 38.8 Å². The van der Waals surface area contributed by atoms with Gasteiger partial charge in [-0.15, -0.1) is 0 Å². The predicted octanol–water partition coefficient (Wildman–Crippen LogP) is 2.97. The summed E-state index contributed by atoms with van der Waals surface area (Å²) >= 11 is 0. The molecule has 0 fully saturated rings.